The number of hydrogen-bond acceptors (Lipinski definition) is 3. The van der Waals surface area contributed by atoms with Gasteiger partial charge in [0.15, 0.2) is 0 Å². The second kappa shape index (κ2) is 4.52. The van der Waals surface area contributed by atoms with Crippen molar-refractivity contribution in [2.75, 3.05) is 11.9 Å². The summed E-state index contributed by atoms with van der Waals surface area (Å²) in [7, 11) is 0. The number of rotatable bonds is 2. The predicted molar refractivity (Wildman–Crippen MR) is 70.3 cm³/mol. The Bertz CT molecular complexity index is 463. The smallest absolute Gasteiger partial charge is 0.305 e. The summed E-state index contributed by atoms with van der Waals surface area (Å²) >= 11 is 0. The number of nitrogens with one attached hydrogen (secondary N) is 1. The van der Waals surface area contributed by atoms with E-state index in [4.69, 9.17) is 9.84 Å². The first-order chi connectivity index (χ1) is 8.36. The number of carboxylic acids is 1. The van der Waals surface area contributed by atoms with Gasteiger partial charge in [-0.25, -0.2) is 0 Å². The summed E-state index contributed by atoms with van der Waals surface area (Å²) < 4.78 is 5.58. The zero-order valence-corrected chi connectivity index (χ0v) is 11.0. The number of ether oxygens (including phenoxy) is 1. The van der Waals surface area contributed by atoms with E-state index in [-0.39, 0.29) is 17.9 Å². The minimum absolute atomic E-state index is 0.0659. The van der Waals surface area contributed by atoms with Crippen LogP contribution in [0, 0.1) is 0 Å². The molecule has 0 fully saturated rings. The number of benzene rings is 1. The molecule has 0 amide bonds. The molecule has 1 heterocycles. The minimum Gasteiger partial charge on any atom is -0.489 e. The van der Waals surface area contributed by atoms with Gasteiger partial charge in [0, 0.05) is 0 Å². The van der Waals surface area contributed by atoms with Gasteiger partial charge in [-0.15, -0.1) is 0 Å². The van der Waals surface area contributed by atoms with Crippen LogP contribution in [-0.4, -0.2) is 23.7 Å². The Morgan fingerprint density at radius 2 is 2.22 bits per heavy atom. The van der Waals surface area contributed by atoms with E-state index in [2.05, 4.69) is 32.2 Å². The lowest BCUT2D eigenvalue weighted by Crippen LogP contribution is -2.33. The number of anilines is 1. The normalized spacial score (nSPS) is 18.5. The molecule has 1 aliphatic heterocycles. The fraction of sp³-hybridized carbons (Fsp3) is 0.500. The van der Waals surface area contributed by atoms with E-state index in [0.717, 1.165) is 11.4 Å². The SMILES string of the molecule is CC(C)(C)c1ccc2c(c1)NC(CC(=O)O)CO2. The molecule has 0 saturated carbocycles. The van der Waals surface area contributed by atoms with E-state index in [1.54, 1.807) is 0 Å². The molecule has 0 bridgehead atoms. The van der Waals surface area contributed by atoms with Crippen molar-refractivity contribution in [3.63, 3.8) is 0 Å². The molecular weight excluding hydrogens is 230 g/mol. The molecule has 2 N–H and O–H groups in total. The third-order valence-electron chi connectivity index (χ3n) is 3.07. The summed E-state index contributed by atoms with van der Waals surface area (Å²) in [5.41, 5.74) is 2.16. The Morgan fingerprint density at radius 3 is 2.83 bits per heavy atom. The molecule has 0 spiro atoms. The van der Waals surface area contributed by atoms with Gasteiger partial charge in [-0.2, -0.15) is 0 Å². The fourth-order valence-corrected chi connectivity index (χ4v) is 2.01. The van der Waals surface area contributed by atoms with Crippen molar-refractivity contribution in [2.24, 2.45) is 0 Å². The van der Waals surface area contributed by atoms with Crippen LogP contribution < -0.4 is 10.1 Å². The Hall–Kier alpha value is -1.71. The largest absolute Gasteiger partial charge is 0.489 e. The predicted octanol–water partition coefficient (Wildman–Crippen LogP) is 2.63. The molecule has 4 nitrogen and oxygen atoms in total. The van der Waals surface area contributed by atoms with Crippen LogP contribution in [0.2, 0.25) is 0 Å². The quantitative estimate of drug-likeness (QED) is 0.846. The van der Waals surface area contributed by atoms with Gasteiger partial charge in [0.25, 0.3) is 0 Å². The number of carboxylic acid groups (broad SMARTS) is 1. The standard InChI is InChI=1S/C14H19NO3/c1-14(2,3)9-4-5-12-11(6-9)15-10(8-18-12)7-13(16)17/h4-6,10,15H,7-8H2,1-3H3,(H,16,17). The van der Waals surface area contributed by atoms with Crippen molar-refractivity contribution in [1.82, 2.24) is 0 Å². The lowest BCUT2D eigenvalue weighted by Gasteiger charge is -2.28. The van der Waals surface area contributed by atoms with E-state index in [9.17, 15) is 4.79 Å². The van der Waals surface area contributed by atoms with Crippen molar-refractivity contribution in [2.45, 2.75) is 38.6 Å². The van der Waals surface area contributed by atoms with Crippen LogP contribution in [0.25, 0.3) is 0 Å². The maximum absolute atomic E-state index is 10.7. The summed E-state index contributed by atoms with van der Waals surface area (Å²) in [4.78, 5) is 10.7. The lowest BCUT2D eigenvalue weighted by atomic mass is 9.86. The van der Waals surface area contributed by atoms with E-state index < -0.39 is 5.97 Å². The summed E-state index contributed by atoms with van der Waals surface area (Å²) in [6.45, 7) is 6.83. The van der Waals surface area contributed by atoms with Gasteiger partial charge in [0.1, 0.15) is 12.4 Å². The van der Waals surface area contributed by atoms with Crippen molar-refractivity contribution < 1.29 is 14.6 Å². The molecule has 4 heteroatoms. The van der Waals surface area contributed by atoms with E-state index in [1.807, 2.05) is 12.1 Å². The van der Waals surface area contributed by atoms with Crippen LogP contribution in [0.3, 0.4) is 0 Å². The molecular formula is C14H19NO3. The minimum atomic E-state index is -0.813. The summed E-state index contributed by atoms with van der Waals surface area (Å²) in [5.74, 6) is -0.0174. The zero-order chi connectivity index (χ0) is 13.3. The van der Waals surface area contributed by atoms with Gasteiger partial charge in [0.05, 0.1) is 18.2 Å². The van der Waals surface area contributed by atoms with Crippen LogP contribution in [-0.2, 0) is 10.2 Å². The van der Waals surface area contributed by atoms with E-state index in [1.165, 1.54) is 5.56 Å². The van der Waals surface area contributed by atoms with Gasteiger partial charge in [-0.05, 0) is 23.1 Å². The molecule has 98 valence electrons. The Balaban J connectivity index is 2.22. The Morgan fingerprint density at radius 1 is 1.50 bits per heavy atom. The molecule has 1 atom stereocenters. The van der Waals surface area contributed by atoms with Crippen LogP contribution >= 0.6 is 0 Å². The van der Waals surface area contributed by atoms with Gasteiger partial charge in [-0.3, -0.25) is 4.79 Å². The molecule has 1 aromatic carbocycles. The lowest BCUT2D eigenvalue weighted by molar-refractivity contribution is -0.137. The van der Waals surface area contributed by atoms with Crippen LogP contribution in [0.4, 0.5) is 5.69 Å². The molecule has 18 heavy (non-hydrogen) atoms. The summed E-state index contributed by atoms with van der Waals surface area (Å²) in [5, 5.41) is 12.0. The Labute approximate surface area is 107 Å². The number of carbonyl (C=O) groups is 1. The van der Waals surface area contributed by atoms with Crippen molar-refractivity contribution in [3.8, 4) is 5.75 Å². The highest BCUT2D eigenvalue weighted by Gasteiger charge is 2.23. The summed E-state index contributed by atoms with van der Waals surface area (Å²) in [6.07, 6.45) is 0.0686. The van der Waals surface area contributed by atoms with E-state index >= 15 is 0 Å². The molecule has 0 saturated heterocycles. The fourth-order valence-electron chi connectivity index (χ4n) is 2.01. The molecule has 2 rings (SSSR count). The van der Waals surface area contributed by atoms with Crippen molar-refractivity contribution in [1.29, 1.82) is 0 Å². The first-order valence-corrected chi connectivity index (χ1v) is 6.12. The maximum Gasteiger partial charge on any atom is 0.305 e. The average Bonchev–Trinajstić information content (AvgIpc) is 2.26. The van der Waals surface area contributed by atoms with Crippen LogP contribution in [0.5, 0.6) is 5.75 Å². The highest BCUT2D eigenvalue weighted by molar-refractivity contribution is 5.69. The van der Waals surface area contributed by atoms with Gasteiger partial charge in [-0.1, -0.05) is 26.8 Å². The number of fused-ring (bicyclic) bond motifs is 1. The third-order valence-corrected chi connectivity index (χ3v) is 3.07. The highest BCUT2D eigenvalue weighted by Crippen LogP contribution is 2.34. The molecule has 0 aliphatic carbocycles. The monoisotopic (exact) mass is 249 g/mol. The topological polar surface area (TPSA) is 58.6 Å². The van der Waals surface area contributed by atoms with Gasteiger partial charge >= 0.3 is 5.97 Å². The molecule has 1 aromatic rings. The third kappa shape index (κ3) is 2.75. The number of aliphatic carboxylic acids is 1. The second-order valence-corrected chi connectivity index (χ2v) is 5.71. The molecule has 0 aromatic heterocycles. The van der Waals surface area contributed by atoms with Crippen LogP contribution in [0.15, 0.2) is 18.2 Å². The van der Waals surface area contributed by atoms with Gasteiger partial charge in [0.2, 0.25) is 0 Å². The average molecular weight is 249 g/mol. The summed E-state index contributed by atoms with van der Waals surface area (Å²) in [6, 6.07) is 5.88. The molecule has 1 aliphatic rings. The van der Waals surface area contributed by atoms with Crippen LogP contribution in [0.1, 0.15) is 32.8 Å². The van der Waals surface area contributed by atoms with Crippen molar-refractivity contribution >= 4 is 11.7 Å². The zero-order valence-electron chi connectivity index (χ0n) is 11.0. The Kier molecular flexibility index (Phi) is 3.20. The van der Waals surface area contributed by atoms with E-state index in [0.29, 0.717) is 6.61 Å². The van der Waals surface area contributed by atoms with Gasteiger partial charge < -0.3 is 15.2 Å². The maximum atomic E-state index is 10.7. The number of hydrogen-bond donors (Lipinski definition) is 2. The molecule has 0 radical (unpaired) electrons. The molecule has 1 unspecified atom stereocenters. The first-order valence-electron chi connectivity index (χ1n) is 6.12. The van der Waals surface area contributed by atoms with Crippen molar-refractivity contribution in [3.05, 3.63) is 23.8 Å². The highest BCUT2D eigenvalue weighted by atomic mass is 16.5. The second-order valence-electron chi connectivity index (χ2n) is 5.71. The first kappa shape index (κ1) is 12.7.